The minimum Gasteiger partial charge on any atom is -0.326 e. The number of thiazole rings is 1. The summed E-state index contributed by atoms with van der Waals surface area (Å²) in [4.78, 5) is 29.5. The van der Waals surface area contributed by atoms with Crippen molar-refractivity contribution in [2.24, 2.45) is 0 Å². The molecule has 0 unspecified atom stereocenters. The number of amides is 2. The van der Waals surface area contributed by atoms with Crippen molar-refractivity contribution in [2.45, 2.75) is 26.2 Å². The Kier molecular flexibility index (Phi) is 3.66. The lowest BCUT2D eigenvalue weighted by Gasteiger charge is -2.24. The molecule has 1 aliphatic heterocycles. The van der Waals surface area contributed by atoms with Crippen LogP contribution in [0.3, 0.4) is 0 Å². The standard InChI is InChI=1S/C15H14FN3O2S/c1-7-8(2)22-15(17-7)19-14(21)11-6-13(20)18-12-5-9(16)3-4-10(11)12/h3-5,11H,6H2,1-2H3,(H,18,20)(H,17,19,21)/t11-/m0/s1. The van der Waals surface area contributed by atoms with E-state index in [1.165, 1.54) is 29.5 Å². The van der Waals surface area contributed by atoms with Crippen LogP contribution in [0.15, 0.2) is 18.2 Å². The van der Waals surface area contributed by atoms with Crippen LogP contribution in [-0.4, -0.2) is 16.8 Å². The van der Waals surface area contributed by atoms with Crippen LogP contribution < -0.4 is 10.6 Å². The Hall–Kier alpha value is -2.28. The molecular weight excluding hydrogens is 305 g/mol. The summed E-state index contributed by atoms with van der Waals surface area (Å²) < 4.78 is 13.3. The van der Waals surface area contributed by atoms with Crippen molar-refractivity contribution in [3.63, 3.8) is 0 Å². The zero-order valence-electron chi connectivity index (χ0n) is 12.1. The average Bonchev–Trinajstić information content (AvgIpc) is 2.75. The van der Waals surface area contributed by atoms with Gasteiger partial charge in [-0.2, -0.15) is 0 Å². The first-order valence-electron chi connectivity index (χ1n) is 6.78. The van der Waals surface area contributed by atoms with Gasteiger partial charge in [0.15, 0.2) is 5.13 Å². The minimum atomic E-state index is -0.645. The number of carbonyl (C=O) groups excluding carboxylic acids is 2. The molecule has 22 heavy (non-hydrogen) atoms. The van der Waals surface area contributed by atoms with E-state index in [9.17, 15) is 14.0 Å². The number of anilines is 2. The summed E-state index contributed by atoms with van der Waals surface area (Å²) in [5, 5.41) is 5.84. The molecule has 0 aliphatic carbocycles. The highest BCUT2D eigenvalue weighted by atomic mass is 32.1. The molecule has 5 nitrogen and oxygen atoms in total. The number of rotatable bonds is 2. The number of fused-ring (bicyclic) bond motifs is 1. The largest absolute Gasteiger partial charge is 0.326 e. The maximum absolute atomic E-state index is 13.3. The molecule has 0 bridgehead atoms. The molecule has 2 heterocycles. The summed E-state index contributed by atoms with van der Waals surface area (Å²) in [5.41, 5.74) is 1.83. The van der Waals surface area contributed by atoms with E-state index in [1.54, 1.807) is 0 Å². The van der Waals surface area contributed by atoms with Gasteiger partial charge in [0.05, 0.1) is 11.6 Å². The molecule has 114 valence electrons. The van der Waals surface area contributed by atoms with Crippen molar-refractivity contribution in [2.75, 3.05) is 10.6 Å². The quantitative estimate of drug-likeness (QED) is 0.894. The van der Waals surface area contributed by atoms with E-state index in [-0.39, 0.29) is 18.2 Å². The Morgan fingerprint density at radius 2 is 2.23 bits per heavy atom. The number of hydrogen-bond acceptors (Lipinski definition) is 4. The second-order valence-corrected chi connectivity index (χ2v) is 6.39. The predicted octanol–water partition coefficient (Wildman–Crippen LogP) is 2.96. The normalized spacial score (nSPS) is 16.9. The molecule has 0 fully saturated rings. The number of hydrogen-bond donors (Lipinski definition) is 2. The summed E-state index contributed by atoms with van der Waals surface area (Å²) in [7, 11) is 0. The van der Waals surface area contributed by atoms with E-state index >= 15 is 0 Å². The molecule has 0 saturated heterocycles. The molecule has 0 saturated carbocycles. The molecule has 3 rings (SSSR count). The molecule has 1 atom stereocenters. The highest BCUT2D eigenvalue weighted by Gasteiger charge is 2.31. The lowest BCUT2D eigenvalue weighted by molar-refractivity contribution is -0.123. The maximum atomic E-state index is 13.3. The van der Waals surface area contributed by atoms with E-state index in [4.69, 9.17) is 0 Å². The number of benzene rings is 1. The van der Waals surface area contributed by atoms with Crippen LogP contribution in [-0.2, 0) is 9.59 Å². The van der Waals surface area contributed by atoms with Gasteiger partial charge in [-0.15, -0.1) is 11.3 Å². The van der Waals surface area contributed by atoms with Crippen LogP contribution in [0.5, 0.6) is 0 Å². The third-order valence-electron chi connectivity index (χ3n) is 3.63. The fourth-order valence-electron chi connectivity index (χ4n) is 2.39. The fraction of sp³-hybridized carbons (Fsp3) is 0.267. The van der Waals surface area contributed by atoms with Crippen molar-refractivity contribution in [1.29, 1.82) is 0 Å². The van der Waals surface area contributed by atoms with Gasteiger partial charge in [0, 0.05) is 17.0 Å². The highest BCUT2D eigenvalue weighted by Crippen LogP contribution is 2.34. The molecule has 0 radical (unpaired) electrons. The smallest absolute Gasteiger partial charge is 0.234 e. The lowest BCUT2D eigenvalue weighted by atomic mass is 9.90. The first-order chi connectivity index (χ1) is 10.4. The molecule has 2 N–H and O–H groups in total. The summed E-state index contributed by atoms with van der Waals surface area (Å²) in [6.45, 7) is 3.79. The number of nitrogens with zero attached hydrogens (tertiary/aromatic N) is 1. The number of aryl methyl sites for hydroxylation is 2. The fourth-order valence-corrected chi connectivity index (χ4v) is 3.21. The summed E-state index contributed by atoms with van der Waals surface area (Å²) in [5.74, 6) is -1.71. The van der Waals surface area contributed by atoms with Gasteiger partial charge < -0.3 is 10.6 Å². The van der Waals surface area contributed by atoms with Crippen LogP contribution in [0.1, 0.15) is 28.5 Å². The average molecular weight is 319 g/mol. The monoisotopic (exact) mass is 319 g/mol. The topological polar surface area (TPSA) is 71.1 Å². The van der Waals surface area contributed by atoms with Crippen molar-refractivity contribution in [3.8, 4) is 0 Å². The third-order valence-corrected chi connectivity index (χ3v) is 4.62. The van der Waals surface area contributed by atoms with E-state index in [0.29, 0.717) is 16.4 Å². The third kappa shape index (κ3) is 2.71. The number of aromatic nitrogens is 1. The molecule has 0 spiro atoms. The van der Waals surface area contributed by atoms with Crippen LogP contribution in [0.2, 0.25) is 0 Å². The highest BCUT2D eigenvalue weighted by molar-refractivity contribution is 7.15. The van der Waals surface area contributed by atoms with E-state index < -0.39 is 11.7 Å². The minimum absolute atomic E-state index is 0.0355. The van der Waals surface area contributed by atoms with Crippen LogP contribution >= 0.6 is 11.3 Å². The van der Waals surface area contributed by atoms with Gasteiger partial charge in [0.2, 0.25) is 11.8 Å². The van der Waals surface area contributed by atoms with Gasteiger partial charge in [0.25, 0.3) is 0 Å². The Morgan fingerprint density at radius 3 is 2.91 bits per heavy atom. The van der Waals surface area contributed by atoms with Gasteiger partial charge in [-0.1, -0.05) is 6.07 Å². The Balaban J connectivity index is 1.88. The second-order valence-electron chi connectivity index (χ2n) is 5.19. The zero-order chi connectivity index (χ0) is 15.9. The van der Waals surface area contributed by atoms with Crippen molar-refractivity contribution in [1.82, 2.24) is 4.98 Å². The van der Waals surface area contributed by atoms with E-state index in [0.717, 1.165) is 10.6 Å². The lowest BCUT2D eigenvalue weighted by Crippen LogP contribution is -2.30. The van der Waals surface area contributed by atoms with Gasteiger partial charge >= 0.3 is 0 Å². The molecule has 2 aromatic rings. The van der Waals surface area contributed by atoms with E-state index in [2.05, 4.69) is 15.6 Å². The van der Waals surface area contributed by atoms with Crippen LogP contribution in [0, 0.1) is 19.7 Å². The molecule has 1 aliphatic rings. The van der Waals surface area contributed by atoms with Gasteiger partial charge in [0.1, 0.15) is 5.82 Å². The maximum Gasteiger partial charge on any atom is 0.234 e. The van der Waals surface area contributed by atoms with E-state index in [1.807, 2.05) is 13.8 Å². The molecule has 7 heteroatoms. The molecule has 1 aromatic heterocycles. The first-order valence-corrected chi connectivity index (χ1v) is 7.60. The summed E-state index contributed by atoms with van der Waals surface area (Å²) in [6.07, 6.45) is 0.0355. The zero-order valence-corrected chi connectivity index (χ0v) is 12.9. The predicted molar refractivity (Wildman–Crippen MR) is 82.6 cm³/mol. The van der Waals surface area contributed by atoms with Gasteiger partial charge in [-0.05, 0) is 31.5 Å². The number of carbonyl (C=O) groups is 2. The Morgan fingerprint density at radius 1 is 1.45 bits per heavy atom. The van der Waals surface area contributed by atoms with Crippen molar-refractivity contribution < 1.29 is 14.0 Å². The summed E-state index contributed by atoms with van der Waals surface area (Å²) in [6, 6.07) is 4.05. The van der Waals surface area contributed by atoms with Gasteiger partial charge in [-0.25, -0.2) is 9.37 Å². The van der Waals surface area contributed by atoms with Crippen LogP contribution in [0.4, 0.5) is 15.2 Å². The Labute approximate surface area is 130 Å². The van der Waals surface area contributed by atoms with Crippen molar-refractivity contribution in [3.05, 3.63) is 40.2 Å². The van der Waals surface area contributed by atoms with Gasteiger partial charge in [-0.3, -0.25) is 9.59 Å². The Bertz CT molecular complexity index is 753. The SMILES string of the molecule is Cc1nc(NC(=O)[C@H]2CC(=O)Nc3cc(F)ccc32)sc1C. The summed E-state index contributed by atoms with van der Waals surface area (Å²) >= 11 is 1.39. The molecule has 2 amide bonds. The number of nitrogens with one attached hydrogen (secondary N) is 2. The van der Waals surface area contributed by atoms with Crippen LogP contribution in [0.25, 0.3) is 0 Å². The second kappa shape index (κ2) is 5.49. The molecule has 1 aromatic carbocycles. The first kappa shape index (κ1) is 14.6. The number of halogens is 1. The molecular formula is C15H14FN3O2S. The van der Waals surface area contributed by atoms with Crippen molar-refractivity contribution >= 4 is 34.0 Å².